The molecule has 2 aromatic rings. The quantitative estimate of drug-likeness (QED) is 0.878. The minimum absolute atomic E-state index is 0.689. The summed E-state index contributed by atoms with van der Waals surface area (Å²) in [5.74, 6) is 0.689. The zero-order valence-corrected chi connectivity index (χ0v) is 11.3. The van der Waals surface area contributed by atoms with Gasteiger partial charge in [-0.3, -0.25) is 0 Å². The van der Waals surface area contributed by atoms with Crippen molar-refractivity contribution in [2.45, 2.75) is 26.2 Å². The molecule has 1 aromatic heterocycles. The first-order valence-corrected chi connectivity index (χ1v) is 6.59. The van der Waals surface area contributed by atoms with Crippen LogP contribution in [0.25, 0.3) is 5.69 Å². The maximum absolute atomic E-state index is 5.95. The maximum atomic E-state index is 5.95. The minimum atomic E-state index is 0.689. The fourth-order valence-corrected chi connectivity index (χ4v) is 2.76. The van der Waals surface area contributed by atoms with Gasteiger partial charge >= 0.3 is 0 Å². The molecule has 0 saturated carbocycles. The van der Waals surface area contributed by atoms with Crippen LogP contribution in [0.5, 0.6) is 0 Å². The summed E-state index contributed by atoms with van der Waals surface area (Å²) in [6.07, 6.45) is 3.32. The molecule has 4 heteroatoms. The maximum Gasteiger partial charge on any atom is 0.149 e. The van der Waals surface area contributed by atoms with Gasteiger partial charge in [-0.05, 0) is 43.9 Å². The topological polar surface area (TPSA) is 43.8 Å². The first-order chi connectivity index (χ1) is 8.16. The molecule has 88 valence electrons. The lowest BCUT2D eigenvalue weighted by Crippen LogP contribution is -2.02. The second kappa shape index (κ2) is 3.88. The van der Waals surface area contributed by atoms with Crippen LogP contribution in [0.4, 0.5) is 5.82 Å². The Labute approximate surface area is 109 Å². The van der Waals surface area contributed by atoms with Crippen molar-refractivity contribution >= 4 is 21.7 Å². The first-order valence-electron chi connectivity index (χ1n) is 5.79. The van der Waals surface area contributed by atoms with Crippen molar-refractivity contribution in [1.82, 2.24) is 9.78 Å². The molecule has 0 saturated heterocycles. The fraction of sp³-hybridized carbons (Fsp3) is 0.308. The standard InChI is InChI=1S/C13H14BrN3/c1-8-5-6-9(7-11(8)14)17-12-4-2-3-10(12)13(15)16-17/h5-7H,2-4H2,1H3,(H2,15,16). The third kappa shape index (κ3) is 1.67. The molecule has 0 unspecified atom stereocenters. The molecule has 1 aromatic carbocycles. The zero-order valence-electron chi connectivity index (χ0n) is 9.70. The van der Waals surface area contributed by atoms with Crippen molar-refractivity contribution in [3.05, 3.63) is 39.5 Å². The number of benzene rings is 1. The summed E-state index contributed by atoms with van der Waals surface area (Å²) in [5, 5.41) is 4.45. The second-order valence-electron chi connectivity index (χ2n) is 4.51. The smallest absolute Gasteiger partial charge is 0.149 e. The highest BCUT2D eigenvalue weighted by atomic mass is 79.9. The lowest BCUT2D eigenvalue weighted by Gasteiger charge is -2.07. The monoisotopic (exact) mass is 291 g/mol. The largest absolute Gasteiger partial charge is 0.382 e. The number of hydrogen-bond donors (Lipinski definition) is 1. The van der Waals surface area contributed by atoms with Crippen molar-refractivity contribution in [2.24, 2.45) is 0 Å². The summed E-state index contributed by atoms with van der Waals surface area (Å²) in [6, 6.07) is 6.28. The van der Waals surface area contributed by atoms with Crippen molar-refractivity contribution in [2.75, 3.05) is 5.73 Å². The normalized spacial score (nSPS) is 14.0. The van der Waals surface area contributed by atoms with Gasteiger partial charge in [0.2, 0.25) is 0 Å². The Morgan fingerprint density at radius 2 is 2.18 bits per heavy atom. The molecule has 0 amide bonds. The van der Waals surface area contributed by atoms with Crippen LogP contribution in [0, 0.1) is 6.92 Å². The fourth-order valence-electron chi connectivity index (χ4n) is 2.39. The third-order valence-corrected chi connectivity index (χ3v) is 4.22. The summed E-state index contributed by atoms with van der Waals surface area (Å²) in [4.78, 5) is 0. The average molecular weight is 292 g/mol. The van der Waals surface area contributed by atoms with E-state index in [0.717, 1.165) is 23.0 Å². The highest BCUT2D eigenvalue weighted by molar-refractivity contribution is 9.10. The van der Waals surface area contributed by atoms with E-state index in [9.17, 15) is 0 Å². The minimum Gasteiger partial charge on any atom is -0.382 e. The number of aryl methyl sites for hydroxylation is 1. The summed E-state index contributed by atoms with van der Waals surface area (Å²) in [6.45, 7) is 2.08. The third-order valence-electron chi connectivity index (χ3n) is 3.36. The zero-order chi connectivity index (χ0) is 12.0. The second-order valence-corrected chi connectivity index (χ2v) is 5.36. The van der Waals surface area contributed by atoms with Gasteiger partial charge in [0.05, 0.1) is 5.69 Å². The molecule has 3 nitrogen and oxygen atoms in total. The molecule has 2 N–H and O–H groups in total. The Kier molecular flexibility index (Phi) is 2.47. The molecule has 0 fully saturated rings. The van der Waals surface area contributed by atoms with E-state index in [-0.39, 0.29) is 0 Å². The van der Waals surface area contributed by atoms with Crippen LogP contribution >= 0.6 is 15.9 Å². The van der Waals surface area contributed by atoms with E-state index in [4.69, 9.17) is 5.73 Å². The Morgan fingerprint density at radius 3 is 2.94 bits per heavy atom. The summed E-state index contributed by atoms with van der Waals surface area (Å²) < 4.78 is 3.10. The predicted molar refractivity (Wildman–Crippen MR) is 72.4 cm³/mol. The van der Waals surface area contributed by atoms with Gasteiger partial charge in [0, 0.05) is 15.7 Å². The number of aromatic nitrogens is 2. The lowest BCUT2D eigenvalue weighted by atomic mass is 10.2. The van der Waals surface area contributed by atoms with E-state index < -0.39 is 0 Å². The highest BCUT2D eigenvalue weighted by Gasteiger charge is 2.21. The van der Waals surface area contributed by atoms with Gasteiger partial charge in [0.1, 0.15) is 5.82 Å². The number of nitrogens with zero attached hydrogens (tertiary/aromatic N) is 2. The van der Waals surface area contributed by atoms with E-state index in [0.29, 0.717) is 5.82 Å². The van der Waals surface area contributed by atoms with E-state index in [1.54, 1.807) is 0 Å². The molecule has 1 aliphatic carbocycles. The highest BCUT2D eigenvalue weighted by Crippen LogP contribution is 2.30. The van der Waals surface area contributed by atoms with Crippen molar-refractivity contribution in [3.63, 3.8) is 0 Å². The van der Waals surface area contributed by atoms with Gasteiger partial charge in [0.15, 0.2) is 0 Å². The van der Waals surface area contributed by atoms with Gasteiger partial charge in [-0.25, -0.2) is 4.68 Å². The Bertz CT molecular complexity index is 587. The Hall–Kier alpha value is -1.29. The number of halogens is 1. The van der Waals surface area contributed by atoms with Gasteiger partial charge < -0.3 is 5.73 Å². The summed E-state index contributed by atoms with van der Waals surface area (Å²) >= 11 is 3.56. The first kappa shape index (κ1) is 10.8. The summed E-state index contributed by atoms with van der Waals surface area (Å²) in [7, 11) is 0. The Balaban J connectivity index is 2.15. The predicted octanol–water partition coefficient (Wildman–Crippen LogP) is 3.01. The van der Waals surface area contributed by atoms with Crippen LogP contribution in [0.1, 0.15) is 23.2 Å². The van der Waals surface area contributed by atoms with Gasteiger partial charge in [0.25, 0.3) is 0 Å². The van der Waals surface area contributed by atoms with Crippen LogP contribution in [-0.2, 0) is 12.8 Å². The van der Waals surface area contributed by atoms with Crippen LogP contribution in [0.15, 0.2) is 22.7 Å². The van der Waals surface area contributed by atoms with Crippen LogP contribution < -0.4 is 5.73 Å². The average Bonchev–Trinajstić information content (AvgIpc) is 2.87. The van der Waals surface area contributed by atoms with Crippen LogP contribution in [0.3, 0.4) is 0 Å². The van der Waals surface area contributed by atoms with Gasteiger partial charge in [-0.15, -0.1) is 0 Å². The number of hydrogen-bond acceptors (Lipinski definition) is 2. The Morgan fingerprint density at radius 1 is 1.35 bits per heavy atom. The number of anilines is 1. The number of fused-ring (bicyclic) bond motifs is 1. The molecule has 0 spiro atoms. The van der Waals surface area contributed by atoms with Gasteiger partial charge in [-0.1, -0.05) is 22.0 Å². The number of nitrogen functional groups attached to an aromatic ring is 1. The molecule has 17 heavy (non-hydrogen) atoms. The molecule has 0 radical (unpaired) electrons. The summed E-state index contributed by atoms with van der Waals surface area (Å²) in [5.41, 5.74) is 10.8. The van der Waals surface area contributed by atoms with Crippen molar-refractivity contribution in [3.8, 4) is 5.69 Å². The molecular weight excluding hydrogens is 278 g/mol. The van der Waals surface area contributed by atoms with E-state index in [2.05, 4.69) is 46.2 Å². The van der Waals surface area contributed by atoms with E-state index in [1.807, 2.05) is 4.68 Å². The van der Waals surface area contributed by atoms with Crippen molar-refractivity contribution < 1.29 is 0 Å². The van der Waals surface area contributed by atoms with Crippen molar-refractivity contribution in [1.29, 1.82) is 0 Å². The SMILES string of the molecule is Cc1ccc(-n2nc(N)c3c2CCC3)cc1Br. The van der Waals surface area contributed by atoms with Crippen LogP contribution in [-0.4, -0.2) is 9.78 Å². The molecule has 0 atom stereocenters. The number of nitrogens with two attached hydrogens (primary N) is 1. The van der Waals surface area contributed by atoms with E-state index >= 15 is 0 Å². The number of rotatable bonds is 1. The molecule has 3 rings (SSSR count). The van der Waals surface area contributed by atoms with E-state index in [1.165, 1.54) is 23.2 Å². The van der Waals surface area contributed by atoms with Gasteiger partial charge in [-0.2, -0.15) is 5.10 Å². The molecule has 1 heterocycles. The molecule has 1 aliphatic rings. The molecular formula is C13H14BrN3. The van der Waals surface area contributed by atoms with Crippen LogP contribution in [0.2, 0.25) is 0 Å². The molecule has 0 aliphatic heterocycles. The molecule has 0 bridgehead atoms. The lowest BCUT2D eigenvalue weighted by molar-refractivity contribution is 0.788.